The Kier molecular flexibility index (Phi) is 5.43. The number of carboxylic acids is 1. The monoisotopic (exact) mass is 160 g/mol. The van der Waals surface area contributed by atoms with E-state index in [1.54, 1.807) is 0 Å². The lowest BCUT2D eigenvalue weighted by Gasteiger charge is -1.97. The highest BCUT2D eigenvalue weighted by Gasteiger charge is 2.05. The Bertz CT molecular complexity index is 152. The number of hydrogen-bond donors (Lipinski definition) is 1. The van der Waals surface area contributed by atoms with Gasteiger partial charge in [-0.25, -0.2) is 9.18 Å². The lowest BCUT2D eigenvalue weighted by atomic mass is 10.1. The van der Waals surface area contributed by atoms with Crippen molar-refractivity contribution in [1.29, 1.82) is 0 Å². The smallest absolute Gasteiger partial charge is 0.333 e. The summed E-state index contributed by atoms with van der Waals surface area (Å²) < 4.78 is 11.8. The van der Waals surface area contributed by atoms with Crippen molar-refractivity contribution in [2.45, 2.75) is 32.6 Å². The number of carbonyl (C=O) groups is 1. The van der Waals surface area contributed by atoms with Gasteiger partial charge in [-0.05, 0) is 12.8 Å². The van der Waals surface area contributed by atoms with Crippen LogP contribution in [0.15, 0.2) is 11.9 Å². The van der Waals surface area contributed by atoms with E-state index < -0.39 is 5.97 Å². The zero-order chi connectivity index (χ0) is 8.69. The van der Waals surface area contributed by atoms with Gasteiger partial charge in [-0.3, -0.25) is 0 Å². The molecule has 0 aromatic carbocycles. The van der Waals surface area contributed by atoms with Gasteiger partial charge in [-0.2, -0.15) is 0 Å². The number of carboxylic acid groups (broad SMARTS) is 1. The Balaban J connectivity index is 3.63. The molecule has 0 aliphatic rings. The molecule has 2 nitrogen and oxygen atoms in total. The lowest BCUT2D eigenvalue weighted by molar-refractivity contribution is -0.132. The Labute approximate surface area is 65.7 Å². The summed E-state index contributed by atoms with van der Waals surface area (Å²) in [7, 11) is 0. The molecule has 0 unspecified atom stereocenters. The molecule has 0 amide bonds. The molecule has 0 atom stereocenters. The highest BCUT2D eigenvalue weighted by molar-refractivity contribution is 5.86. The van der Waals surface area contributed by atoms with E-state index in [2.05, 4.69) is 0 Å². The summed E-state index contributed by atoms with van der Waals surface area (Å²) in [6.07, 6.45) is 3.22. The third-order valence-corrected chi connectivity index (χ3v) is 1.46. The molecule has 0 aromatic heterocycles. The quantitative estimate of drug-likeness (QED) is 0.495. The van der Waals surface area contributed by atoms with Gasteiger partial charge in [0.25, 0.3) is 0 Å². The second-order valence-corrected chi connectivity index (χ2v) is 2.40. The normalized spacial score (nSPS) is 11.6. The summed E-state index contributed by atoms with van der Waals surface area (Å²) in [6, 6.07) is 0. The number of aliphatic carboxylic acids is 1. The minimum atomic E-state index is -1.15. The Morgan fingerprint density at radius 1 is 1.55 bits per heavy atom. The van der Waals surface area contributed by atoms with Gasteiger partial charge in [0.2, 0.25) is 0 Å². The van der Waals surface area contributed by atoms with Gasteiger partial charge in [-0.15, -0.1) is 0 Å². The van der Waals surface area contributed by atoms with Crippen LogP contribution in [0.1, 0.15) is 32.6 Å². The van der Waals surface area contributed by atoms with Gasteiger partial charge in [0.05, 0.1) is 11.9 Å². The molecular weight excluding hydrogens is 147 g/mol. The molecule has 0 saturated heterocycles. The summed E-state index contributed by atoms with van der Waals surface area (Å²) in [5.74, 6) is -1.15. The van der Waals surface area contributed by atoms with Gasteiger partial charge in [0.1, 0.15) is 0 Å². The van der Waals surface area contributed by atoms with Gasteiger partial charge in [0, 0.05) is 0 Å². The number of unbranched alkanes of at least 4 members (excludes halogenated alkanes) is 2. The van der Waals surface area contributed by atoms with E-state index in [9.17, 15) is 9.18 Å². The van der Waals surface area contributed by atoms with Crippen molar-refractivity contribution in [2.75, 3.05) is 0 Å². The number of rotatable bonds is 5. The summed E-state index contributed by atoms with van der Waals surface area (Å²) in [4.78, 5) is 10.2. The SMILES string of the molecule is CCCCCC(=CF)C(=O)O. The highest BCUT2D eigenvalue weighted by atomic mass is 19.1. The van der Waals surface area contributed by atoms with E-state index in [0.717, 1.165) is 19.3 Å². The maximum atomic E-state index is 11.8. The largest absolute Gasteiger partial charge is 0.478 e. The minimum Gasteiger partial charge on any atom is -0.478 e. The van der Waals surface area contributed by atoms with Crippen molar-refractivity contribution in [3.8, 4) is 0 Å². The molecule has 0 aromatic rings. The second-order valence-electron chi connectivity index (χ2n) is 2.40. The summed E-state index contributed by atoms with van der Waals surface area (Å²) >= 11 is 0. The molecule has 0 heterocycles. The van der Waals surface area contributed by atoms with Crippen LogP contribution >= 0.6 is 0 Å². The fourth-order valence-electron chi connectivity index (χ4n) is 0.774. The van der Waals surface area contributed by atoms with Crippen LogP contribution in [0.25, 0.3) is 0 Å². The first-order valence-corrected chi connectivity index (χ1v) is 3.75. The first-order chi connectivity index (χ1) is 5.22. The van der Waals surface area contributed by atoms with Crippen LogP contribution in [-0.4, -0.2) is 11.1 Å². The van der Waals surface area contributed by atoms with Crippen LogP contribution in [0.4, 0.5) is 4.39 Å². The average Bonchev–Trinajstić information content (AvgIpc) is 1.97. The second kappa shape index (κ2) is 5.89. The predicted molar refractivity (Wildman–Crippen MR) is 41.0 cm³/mol. The Morgan fingerprint density at radius 2 is 2.18 bits per heavy atom. The number of halogens is 1. The Hall–Kier alpha value is -0.860. The number of hydrogen-bond acceptors (Lipinski definition) is 1. The molecule has 0 spiro atoms. The first-order valence-electron chi connectivity index (χ1n) is 3.75. The molecule has 1 N–H and O–H groups in total. The van der Waals surface area contributed by atoms with Crippen molar-refractivity contribution < 1.29 is 14.3 Å². The molecule has 11 heavy (non-hydrogen) atoms. The van der Waals surface area contributed by atoms with Crippen molar-refractivity contribution in [1.82, 2.24) is 0 Å². The highest BCUT2D eigenvalue weighted by Crippen LogP contribution is 2.08. The average molecular weight is 160 g/mol. The van der Waals surface area contributed by atoms with Gasteiger partial charge >= 0.3 is 5.97 Å². The first kappa shape index (κ1) is 10.1. The van der Waals surface area contributed by atoms with E-state index in [1.165, 1.54) is 0 Å². The lowest BCUT2D eigenvalue weighted by Crippen LogP contribution is -1.99. The zero-order valence-corrected chi connectivity index (χ0v) is 6.64. The predicted octanol–water partition coefficient (Wildman–Crippen LogP) is 2.50. The molecule has 0 rings (SSSR count). The molecule has 0 radical (unpaired) electrons. The van der Waals surface area contributed by atoms with Gasteiger partial charge < -0.3 is 5.11 Å². The fraction of sp³-hybridized carbons (Fsp3) is 0.625. The molecule has 0 fully saturated rings. The Morgan fingerprint density at radius 3 is 2.55 bits per heavy atom. The fourth-order valence-corrected chi connectivity index (χ4v) is 0.774. The van der Waals surface area contributed by atoms with Crippen molar-refractivity contribution in [2.24, 2.45) is 0 Å². The van der Waals surface area contributed by atoms with Crippen molar-refractivity contribution >= 4 is 5.97 Å². The third-order valence-electron chi connectivity index (χ3n) is 1.46. The molecule has 0 bridgehead atoms. The standard InChI is InChI=1S/C8H13FO2/c1-2-3-4-5-7(6-9)8(10)11/h6H,2-5H2,1H3,(H,10,11). The summed E-state index contributed by atoms with van der Waals surface area (Å²) in [5, 5.41) is 8.36. The molecular formula is C8H13FO2. The summed E-state index contributed by atoms with van der Waals surface area (Å²) in [5.41, 5.74) is -0.126. The van der Waals surface area contributed by atoms with E-state index in [0.29, 0.717) is 6.42 Å². The molecule has 0 saturated carbocycles. The van der Waals surface area contributed by atoms with E-state index in [4.69, 9.17) is 5.11 Å². The molecule has 0 aliphatic heterocycles. The van der Waals surface area contributed by atoms with Crippen LogP contribution in [-0.2, 0) is 4.79 Å². The summed E-state index contributed by atoms with van der Waals surface area (Å²) in [6.45, 7) is 2.01. The van der Waals surface area contributed by atoms with Crippen molar-refractivity contribution in [3.05, 3.63) is 11.9 Å². The molecule has 3 heteroatoms. The van der Waals surface area contributed by atoms with E-state index in [-0.39, 0.29) is 11.9 Å². The van der Waals surface area contributed by atoms with Crippen LogP contribution in [0.5, 0.6) is 0 Å². The zero-order valence-electron chi connectivity index (χ0n) is 6.64. The van der Waals surface area contributed by atoms with Gasteiger partial charge in [-0.1, -0.05) is 19.8 Å². The van der Waals surface area contributed by atoms with Crippen LogP contribution in [0, 0.1) is 0 Å². The maximum absolute atomic E-state index is 11.8. The minimum absolute atomic E-state index is 0.126. The van der Waals surface area contributed by atoms with Crippen LogP contribution < -0.4 is 0 Å². The molecule has 0 aliphatic carbocycles. The van der Waals surface area contributed by atoms with Crippen LogP contribution in [0.2, 0.25) is 0 Å². The third kappa shape index (κ3) is 4.53. The maximum Gasteiger partial charge on any atom is 0.333 e. The molecule has 64 valence electrons. The van der Waals surface area contributed by atoms with Crippen LogP contribution in [0.3, 0.4) is 0 Å². The van der Waals surface area contributed by atoms with Crippen molar-refractivity contribution in [3.63, 3.8) is 0 Å². The van der Waals surface area contributed by atoms with Gasteiger partial charge in [0.15, 0.2) is 0 Å². The van der Waals surface area contributed by atoms with E-state index >= 15 is 0 Å². The van der Waals surface area contributed by atoms with E-state index in [1.807, 2.05) is 6.92 Å². The topological polar surface area (TPSA) is 37.3 Å².